The third kappa shape index (κ3) is 4.48. The predicted molar refractivity (Wildman–Crippen MR) is 74.2 cm³/mol. The molecule has 0 fully saturated rings. The SMILES string of the molecule is COC(CNS(=O)(=O)c1ccc(C(=O)O)c(F)c1)C(C)C. The van der Waals surface area contributed by atoms with Gasteiger partial charge in [-0.2, -0.15) is 0 Å². The number of rotatable bonds is 7. The number of carboxylic acid groups (broad SMARTS) is 1. The van der Waals surface area contributed by atoms with E-state index in [1.165, 1.54) is 7.11 Å². The minimum atomic E-state index is -3.93. The second kappa shape index (κ2) is 6.97. The molecule has 0 radical (unpaired) electrons. The third-order valence-corrected chi connectivity index (χ3v) is 4.42. The largest absolute Gasteiger partial charge is 0.478 e. The molecule has 0 saturated carbocycles. The molecule has 0 amide bonds. The monoisotopic (exact) mass is 319 g/mol. The molecule has 0 spiro atoms. The topological polar surface area (TPSA) is 92.7 Å². The zero-order valence-electron chi connectivity index (χ0n) is 12.0. The minimum absolute atomic E-state index is 0.0405. The zero-order chi connectivity index (χ0) is 16.2. The fourth-order valence-corrected chi connectivity index (χ4v) is 2.76. The van der Waals surface area contributed by atoms with Crippen LogP contribution in [0.5, 0.6) is 0 Å². The molecule has 0 bridgehead atoms. The molecular formula is C13H18FNO5S. The number of nitrogens with one attached hydrogen (secondary N) is 1. The predicted octanol–water partition coefficient (Wildman–Crippen LogP) is 1.47. The first-order valence-corrected chi connectivity index (χ1v) is 7.72. The smallest absolute Gasteiger partial charge is 0.338 e. The third-order valence-electron chi connectivity index (χ3n) is 3.00. The van der Waals surface area contributed by atoms with Crippen LogP contribution in [-0.4, -0.2) is 39.3 Å². The Morgan fingerprint density at radius 2 is 2.05 bits per heavy atom. The summed E-state index contributed by atoms with van der Waals surface area (Å²) in [5.74, 6) is -2.45. The molecule has 0 saturated heterocycles. The van der Waals surface area contributed by atoms with Crippen LogP contribution >= 0.6 is 0 Å². The Hall–Kier alpha value is -1.51. The van der Waals surface area contributed by atoms with Crippen LogP contribution in [0.2, 0.25) is 0 Å². The number of hydrogen-bond donors (Lipinski definition) is 2. The van der Waals surface area contributed by atoms with Gasteiger partial charge in [-0.1, -0.05) is 13.8 Å². The average Bonchev–Trinajstić information content (AvgIpc) is 2.38. The van der Waals surface area contributed by atoms with Gasteiger partial charge in [0.1, 0.15) is 5.82 Å². The van der Waals surface area contributed by atoms with Crippen molar-refractivity contribution in [3.05, 3.63) is 29.6 Å². The van der Waals surface area contributed by atoms with Crippen molar-refractivity contribution in [3.63, 3.8) is 0 Å². The summed E-state index contributed by atoms with van der Waals surface area (Å²) in [5, 5.41) is 8.71. The molecule has 0 aliphatic rings. The van der Waals surface area contributed by atoms with Crippen LogP contribution < -0.4 is 4.72 Å². The van der Waals surface area contributed by atoms with E-state index in [9.17, 15) is 17.6 Å². The summed E-state index contributed by atoms with van der Waals surface area (Å²) in [6.45, 7) is 3.80. The fraction of sp³-hybridized carbons (Fsp3) is 0.462. The molecule has 1 aromatic carbocycles. The van der Waals surface area contributed by atoms with Gasteiger partial charge in [-0.15, -0.1) is 0 Å². The molecule has 21 heavy (non-hydrogen) atoms. The maximum Gasteiger partial charge on any atom is 0.338 e. The molecule has 1 unspecified atom stereocenters. The minimum Gasteiger partial charge on any atom is -0.478 e. The molecule has 118 valence electrons. The molecule has 2 N–H and O–H groups in total. The molecule has 0 aliphatic heterocycles. The van der Waals surface area contributed by atoms with Crippen LogP contribution in [-0.2, 0) is 14.8 Å². The summed E-state index contributed by atoms with van der Waals surface area (Å²) in [5.41, 5.74) is -0.578. The van der Waals surface area contributed by atoms with E-state index in [2.05, 4.69) is 4.72 Å². The Labute approximate surface area is 123 Å². The van der Waals surface area contributed by atoms with Crippen LogP contribution in [0.4, 0.5) is 4.39 Å². The van der Waals surface area contributed by atoms with Gasteiger partial charge in [0.2, 0.25) is 10.0 Å². The Kier molecular flexibility index (Phi) is 5.82. The first kappa shape index (κ1) is 17.5. The van der Waals surface area contributed by atoms with E-state index in [4.69, 9.17) is 9.84 Å². The highest BCUT2D eigenvalue weighted by Crippen LogP contribution is 2.15. The summed E-state index contributed by atoms with van der Waals surface area (Å²) in [6, 6.07) is 2.65. The van der Waals surface area contributed by atoms with Gasteiger partial charge in [0.25, 0.3) is 0 Å². The van der Waals surface area contributed by atoms with E-state index in [1.54, 1.807) is 0 Å². The number of methoxy groups -OCH3 is 1. The summed E-state index contributed by atoms with van der Waals surface area (Å²) in [4.78, 5) is 10.4. The van der Waals surface area contributed by atoms with Gasteiger partial charge in [-0.25, -0.2) is 22.3 Å². The lowest BCUT2D eigenvalue weighted by Crippen LogP contribution is -2.36. The highest BCUT2D eigenvalue weighted by Gasteiger charge is 2.21. The van der Waals surface area contributed by atoms with Crippen LogP contribution in [0.3, 0.4) is 0 Å². The van der Waals surface area contributed by atoms with Crippen LogP contribution in [0, 0.1) is 11.7 Å². The highest BCUT2D eigenvalue weighted by molar-refractivity contribution is 7.89. The maximum atomic E-state index is 13.5. The number of carbonyl (C=O) groups is 1. The second-order valence-electron chi connectivity index (χ2n) is 4.82. The molecule has 0 aromatic heterocycles. The van der Waals surface area contributed by atoms with Gasteiger partial charge >= 0.3 is 5.97 Å². The number of halogens is 1. The van der Waals surface area contributed by atoms with Crippen molar-refractivity contribution in [1.82, 2.24) is 4.72 Å². The lowest BCUT2D eigenvalue weighted by molar-refractivity contribution is 0.0691. The second-order valence-corrected chi connectivity index (χ2v) is 6.58. The number of sulfonamides is 1. The molecule has 0 aliphatic carbocycles. The summed E-state index contributed by atoms with van der Waals surface area (Å²) < 4.78 is 45.0. The van der Waals surface area contributed by atoms with E-state index in [0.29, 0.717) is 6.07 Å². The van der Waals surface area contributed by atoms with Gasteiger partial charge in [0.05, 0.1) is 16.6 Å². The van der Waals surface area contributed by atoms with Crippen molar-refractivity contribution in [2.24, 2.45) is 5.92 Å². The number of ether oxygens (including phenoxy) is 1. The quantitative estimate of drug-likeness (QED) is 0.794. The Balaban J connectivity index is 2.93. The molecule has 8 heteroatoms. The molecule has 1 rings (SSSR count). The van der Waals surface area contributed by atoms with Gasteiger partial charge in [-0.05, 0) is 24.1 Å². The maximum absolute atomic E-state index is 13.5. The van der Waals surface area contributed by atoms with E-state index in [0.717, 1.165) is 12.1 Å². The standard InChI is InChI=1S/C13H18FNO5S/c1-8(2)12(20-3)7-15-21(18,19)9-4-5-10(13(16)17)11(14)6-9/h4-6,8,12,15H,7H2,1-3H3,(H,16,17). The number of aromatic carboxylic acids is 1. The van der Waals surface area contributed by atoms with Crippen molar-refractivity contribution in [2.75, 3.05) is 13.7 Å². The van der Waals surface area contributed by atoms with Gasteiger partial charge in [0, 0.05) is 13.7 Å². The van der Waals surface area contributed by atoms with E-state index in [1.807, 2.05) is 13.8 Å². The highest BCUT2D eigenvalue weighted by atomic mass is 32.2. The Bertz CT molecular complexity index is 615. The molecular weight excluding hydrogens is 301 g/mol. The van der Waals surface area contributed by atoms with Crippen molar-refractivity contribution in [1.29, 1.82) is 0 Å². The molecule has 0 heterocycles. The number of hydrogen-bond acceptors (Lipinski definition) is 4. The zero-order valence-corrected chi connectivity index (χ0v) is 12.8. The number of benzene rings is 1. The van der Waals surface area contributed by atoms with E-state index in [-0.39, 0.29) is 23.5 Å². The van der Waals surface area contributed by atoms with Crippen LogP contribution in [0.15, 0.2) is 23.1 Å². The first-order chi connectivity index (χ1) is 9.69. The van der Waals surface area contributed by atoms with Gasteiger partial charge < -0.3 is 9.84 Å². The summed E-state index contributed by atoms with van der Waals surface area (Å²) in [7, 11) is -2.45. The lowest BCUT2D eigenvalue weighted by Gasteiger charge is -2.19. The number of carboxylic acids is 1. The Morgan fingerprint density at radius 3 is 2.48 bits per heavy atom. The first-order valence-electron chi connectivity index (χ1n) is 6.24. The van der Waals surface area contributed by atoms with E-state index >= 15 is 0 Å². The Morgan fingerprint density at radius 1 is 1.43 bits per heavy atom. The van der Waals surface area contributed by atoms with Crippen molar-refractivity contribution >= 4 is 16.0 Å². The summed E-state index contributed by atoms with van der Waals surface area (Å²) in [6.07, 6.45) is -0.317. The van der Waals surface area contributed by atoms with Gasteiger partial charge in [-0.3, -0.25) is 0 Å². The van der Waals surface area contributed by atoms with Crippen LogP contribution in [0.1, 0.15) is 24.2 Å². The molecule has 1 aromatic rings. The fourth-order valence-electron chi connectivity index (χ4n) is 1.70. The molecule has 6 nitrogen and oxygen atoms in total. The van der Waals surface area contributed by atoms with Crippen molar-refractivity contribution in [3.8, 4) is 0 Å². The van der Waals surface area contributed by atoms with Crippen molar-refractivity contribution < 1.29 is 27.4 Å². The molecule has 1 atom stereocenters. The van der Waals surface area contributed by atoms with Crippen LogP contribution in [0.25, 0.3) is 0 Å². The lowest BCUT2D eigenvalue weighted by atomic mass is 10.1. The van der Waals surface area contributed by atoms with Crippen molar-refractivity contribution in [2.45, 2.75) is 24.8 Å². The normalized spacial score (nSPS) is 13.4. The van der Waals surface area contributed by atoms with Gasteiger partial charge in [0.15, 0.2) is 0 Å². The average molecular weight is 319 g/mol. The summed E-state index contributed by atoms with van der Waals surface area (Å²) >= 11 is 0. The van der Waals surface area contributed by atoms with E-state index < -0.39 is 27.4 Å².